The van der Waals surface area contributed by atoms with Gasteiger partial charge in [-0.15, -0.1) is 0 Å². The number of piperidine rings is 1. The van der Waals surface area contributed by atoms with Crippen LogP contribution in [-0.2, 0) is 9.47 Å². The van der Waals surface area contributed by atoms with Crippen LogP contribution in [-0.4, -0.2) is 83.3 Å². The van der Waals surface area contributed by atoms with Gasteiger partial charge in [-0.05, 0) is 47.4 Å². The molecule has 1 atom stereocenters. The maximum atomic E-state index is 13.9. The fourth-order valence-corrected chi connectivity index (χ4v) is 5.89. The van der Waals surface area contributed by atoms with Gasteiger partial charge in [-0.25, -0.2) is 9.78 Å². The van der Waals surface area contributed by atoms with Gasteiger partial charge in [0.05, 0.1) is 43.0 Å². The molecule has 1 aliphatic rings. The van der Waals surface area contributed by atoms with Crippen LogP contribution >= 0.6 is 0 Å². The molecule has 0 radical (unpaired) electrons. The number of amides is 2. The smallest absolute Gasteiger partial charge is 0.409 e. The Hall–Kier alpha value is -4.11. The Morgan fingerprint density at radius 2 is 1.84 bits per heavy atom. The summed E-state index contributed by atoms with van der Waals surface area (Å²) in [6, 6.07) is 14.5. The summed E-state index contributed by atoms with van der Waals surface area (Å²) in [5, 5.41) is 2.23. The summed E-state index contributed by atoms with van der Waals surface area (Å²) in [6.45, 7) is 6.84. The molecule has 1 N–H and O–H groups in total. The van der Waals surface area contributed by atoms with Gasteiger partial charge in [0.1, 0.15) is 0 Å². The lowest BCUT2D eigenvalue weighted by atomic mass is 9.89. The summed E-state index contributed by atoms with van der Waals surface area (Å²) in [7, 11) is 3.46. The first-order valence-corrected chi connectivity index (χ1v) is 15.2. The molecule has 0 saturated carbocycles. The van der Waals surface area contributed by atoms with Crippen molar-refractivity contribution in [3.8, 4) is 11.1 Å². The van der Waals surface area contributed by atoms with Crippen LogP contribution in [0.3, 0.4) is 0 Å². The molecule has 0 aliphatic carbocycles. The molecule has 0 bridgehead atoms. The zero-order chi connectivity index (χ0) is 30.3. The van der Waals surface area contributed by atoms with Gasteiger partial charge in [0.25, 0.3) is 5.91 Å². The molecule has 5 rings (SSSR count). The molecule has 2 amide bonds. The highest BCUT2D eigenvalue weighted by Crippen LogP contribution is 2.37. The first-order valence-electron chi connectivity index (χ1n) is 15.2. The zero-order valence-electron chi connectivity index (χ0n) is 25.7. The number of H-pyrrole nitrogens is 1. The fourth-order valence-electron chi connectivity index (χ4n) is 5.89. The number of benzene rings is 2. The number of fused-ring (bicyclic) bond motifs is 1. The van der Waals surface area contributed by atoms with E-state index in [0.29, 0.717) is 50.2 Å². The van der Waals surface area contributed by atoms with Gasteiger partial charge in [-0.2, -0.15) is 0 Å². The lowest BCUT2D eigenvalue weighted by molar-refractivity contribution is 0.0744. The molecular weight excluding hydrogens is 542 g/mol. The standard InChI is InChI=1S/C34H43N5O4/c1-24(2)22-43-34(41)38-14-12-25(13-15-38)18-32(31-19-35-23-36-31)39-20-29(30(21-39)33(40)37(3)16-17-42-4)28-11-7-9-26-8-5-6-10-27(26)28/h5-11,19-21,23-25,32H,12-18,22H2,1-4H3,(H,35,36). The third-order valence-electron chi connectivity index (χ3n) is 8.34. The molecule has 1 aliphatic heterocycles. The first-order chi connectivity index (χ1) is 20.9. The number of likely N-dealkylation sites (tertiary alicyclic amines) is 1. The van der Waals surface area contributed by atoms with Gasteiger partial charge < -0.3 is 28.8 Å². The number of nitrogens with zero attached hydrogens (tertiary/aromatic N) is 4. The van der Waals surface area contributed by atoms with Crippen LogP contribution in [0.25, 0.3) is 21.9 Å². The third-order valence-corrected chi connectivity index (χ3v) is 8.34. The quantitative estimate of drug-likeness (QED) is 0.225. The number of likely N-dealkylation sites (N-methyl/N-ethyl adjacent to an activating group) is 1. The van der Waals surface area contributed by atoms with Gasteiger partial charge in [0.2, 0.25) is 0 Å². The van der Waals surface area contributed by atoms with Crippen LogP contribution in [0, 0.1) is 11.8 Å². The Labute approximate surface area is 253 Å². The number of aromatic amines is 1. The van der Waals surface area contributed by atoms with E-state index in [9.17, 15) is 9.59 Å². The SMILES string of the molecule is COCCN(C)C(=O)c1cn(C(CC2CCN(C(=O)OCC(C)C)CC2)c2cnc[nH]2)cc1-c1cccc2ccccc12. The maximum absolute atomic E-state index is 13.9. The van der Waals surface area contributed by atoms with Crippen molar-refractivity contribution in [2.75, 3.05) is 47.0 Å². The first kappa shape index (κ1) is 30.4. The molecule has 1 unspecified atom stereocenters. The molecule has 1 saturated heterocycles. The zero-order valence-corrected chi connectivity index (χ0v) is 25.7. The number of aromatic nitrogens is 3. The number of ether oxygens (including phenoxy) is 2. The minimum Gasteiger partial charge on any atom is -0.449 e. The van der Waals surface area contributed by atoms with Gasteiger partial charge in [-0.1, -0.05) is 56.3 Å². The number of carbonyl (C=O) groups excluding carboxylic acids is 2. The third kappa shape index (κ3) is 7.10. The van der Waals surface area contributed by atoms with E-state index in [2.05, 4.69) is 45.0 Å². The van der Waals surface area contributed by atoms with Crippen LogP contribution in [0.2, 0.25) is 0 Å². The van der Waals surface area contributed by atoms with Crippen molar-refractivity contribution in [3.63, 3.8) is 0 Å². The summed E-state index contributed by atoms with van der Waals surface area (Å²) in [5.74, 6) is 0.665. The Morgan fingerprint density at radius 3 is 2.56 bits per heavy atom. The lowest BCUT2D eigenvalue weighted by Crippen LogP contribution is -2.39. The van der Waals surface area contributed by atoms with Crippen LogP contribution in [0.5, 0.6) is 0 Å². The van der Waals surface area contributed by atoms with Gasteiger partial charge in [-0.3, -0.25) is 4.79 Å². The molecule has 4 aromatic rings. The molecule has 2 aromatic carbocycles. The second kappa shape index (κ2) is 13.9. The minimum atomic E-state index is -0.219. The van der Waals surface area contributed by atoms with Crippen LogP contribution in [0.1, 0.15) is 55.2 Å². The highest BCUT2D eigenvalue weighted by molar-refractivity contribution is 6.06. The average Bonchev–Trinajstić information content (AvgIpc) is 3.72. The van der Waals surface area contributed by atoms with Crippen LogP contribution in [0.15, 0.2) is 67.4 Å². The predicted octanol–water partition coefficient (Wildman–Crippen LogP) is 6.23. The summed E-state index contributed by atoms with van der Waals surface area (Å²) in [4.78, 5) is 37.6. The van der Waals surface area contributed by atoms with E-state index in [-0.39, 0.29) is 18.0 Å². The normalized spacial score (nSPS) is 14.8. The van der Waals surface area contributed by atoms with Crippen molar-refractivity contribution >= 4 is 22.8 Å². The second-order valence-corrected chi connectivity index (χ2v) is 11.9. The topological polar surface area (TPSA) is 92.7 Å². The Bertz CT molecular complexity index is 1500. The van der Waals surface area contributed by atoms with E-state index in [1.54, 1.807) is 18.3 Å². The summed E-state index contributed by atoms with van der Waals surface area (Å²) >= 11 is 0. The number of hydrogen-bond acceptors (Lipinski definition) is 5. The van der Waals surface area contributed by atoms with E-state index in [0.717, 1.165) is 46.9 Å². The molecular formula is C34H43N5O4. The van der Waals surface area contributed by atoms with Crippen molar-refractivity contribution in [1.82, 2.24) is 24.3 Å². The van der Waals surface area contributed by atoms with E-state index >= 15 is 0 Å². The van der Waals surface area contributed by atoms with E-state index in [4.69, 9.17) is 9.47 Å². The highest BCUT2D eigenvalue weighted by atomic mass is 16.6. The molecule has 1 fully saturated rings. The fraction of sp³-hybridized carbons (Fsp3) is 0.441. The number of rotatable bonds is 11. The van der Waals surface area contributed by atoms with Gasteiger partial charge in [0.15, 0.2) is 0 Å². The molecule has 9 heteroatoms. The van der Waals surface area contributed by atoms with Crippen molar-refractivity contribution in [2.45, 2.75) is 39.2 Å². The van der Waals surface area contributed by atoms with Crippen LogP contribution in [0.4, 0.5) is 4.79 Å². The summed E-state index contributed by atoms with van der Waals surface area (Å²) in [6.07, 6.45) is 10.1. The molecule has 9 nitrogen and oxygen atoms in total. The lowest BCUT2D eigenvalue weighted by Gasteiger charge is -2.33. The van der Waals surface area contributed by atoms with E-state index in [1.165, 1.54) is 0 Å². The van der Waals surface area contributed by atoms with Crippen LogP contribution < -0.4 is 0 Å². The van der Waals surface area contributed by atoms with Crippen molar-refractivity contribution < 1.29 is 19.1 Å². The van der Waals surface area contributed by atoms with Crippen molar-refractivity contribution in [2.24, 2.45) is 11.8 Å². The van der Waals surface area contributed by atoms with Gasteiger partial charge in [0, 0.05) is 51.7 Å². The molecule has 228 valence electrons. The largest absolute Gasteiger partial charge is 0.449 e. The molecule has 3 heterocycles. The second-order valence-electron chi connectivity index (χ2n) is 11.9. The highest BCUT2D eigenvalue weighted by Gasteiger charge is 2.29. The Morgan fingerprint density at radius 1 is 1.07 bits per heavy atom. The minimum absolute atomic E-state index is 0.0460. The number of imidazole rings is 1. The number of hydrogen-bond donors (Lipinski definition) is 1. The Balaban J connectivity index is 1.46. The van der Waals surface area contributed by atoms with E-state index < -0.39 is 0 Å². The van der Waals surface area contributed by atoms with E-state index in [1.807, 2.05) is 56.4 Å². The number of methoxy groups -OCH3 is 1. The summed E-state index contributed by atoms with van der Waals surface area (Å²) in [5.41, 5.74) is 3.57. The van der Waals surface area contributed by atoms with Gasteiger partial charge >= 0.3 is 6.09 Å². The molecule has 2 aromatic heterocycles. The molecule has 43 heavy (non-hydrogen) atoms. The maximum Gasteiger partial charge on any atom is 0.409 e. The van der Waals surface area contributed by atoms with Crippen molar-refractivity contribution in [1.29, 1.82) is 0 Å². The van der Waals surface area contributed by atoms with Crippen molar-refractivity contribution in [3.05, 3.63) is 78.6 Å². The average molecular weight is 586 g/mol. The Kier molecular flexibility index (Phi) is 9.82. The number of carbonyl (C=O) groups is 2. The number of nitrogens with one attached hydrogen (secondary N) is 1. The molecule has 0 spiro atoms. The monoisotopic (exact) mass is 585 g/mol. The summed E-state index contributed by atoms with van der Waals surface area (Å²) < 4.78 is 12.9. The predicted molar refractivity (Wildman–Crippen MR) is 168 cm³/mol.